The molecule has 0 fully saturated rings. The van der Waals surface area contributed by atoms with Crippen molar-refractivity contribution in [3.8, 4) is 11.5 Å². The third-order valence-electron chi connectivity index (χ3n) is 6.03. The van der Waals surface area contributed by atoms with Crippen LogP contribution in [0.3, 0.4) is 0 Å². The minimum absolute atomic E-state index is 0.282. The fraction of sp³-hybridized carbons (Fsp3) is 0.222. The third-order valence-corrected chi connectivity index (χ3v) is 7.97. The van der Waals surface area contributed by atoms with E-state index in [2.05, 4.69) is 23.9 Å². The van der Waals surface area contributed by atoms with Gasteiger partial charge in [-0.3, -0.25) is 9.52 Å². The number of anilines is 2. The monoisotopic (exact) mass is 558 g/mol. The zero-order valence-electron chi connectivity index (χ0n) is 21.0. The number of fused-ring (bicyclic) bond motifs is 1. The summed E-state index contributed by atoms with van der Waals surface area (Å²) in [5.74, 6) is 0.989. The smallest absolute Gasteiger partial charge is 0.265 e. The van der Waals surface area contributed by atoms with Crippen LogP contribution in [0.15, 0.2) is 60.7 Å². The van der Waals surface area contributed by atoms with Gasteiger partial charge in [-0.15, -0.1) is 11.3 Å². The first kappa shape index (κ1) is 26.8. The molecule has 194 valence electrons. The number of benzene rings is 3. The highest BCUT2D eigenvalue weighted by atomic mass is 35.5. The summed E-state index contributed by atoms with van der Waals surface area (Å²) in [4.78, 5) is 13.6. The number of hydrogen-bond acceptors (Lipinski definition) is 6. The van der Waals surface area contributed by atoms with Crippen molar-refractivity contribution >= 4 is 60.3 Å². The molecule has 2 N–H and O–H groups in total. The highest BCUT2D eigenvalue weighted by Crippen LogP contribution is 2.39. The molecule has 0 aliphatic carbocycles. The number of hydrogen-bond donors (Lipinski definition) is 2. The van der Waals surface area contributed by atoms with Gasteiger partial charge in [-0.25, -0.2) is 8.42 Å². The van der Waals surface area contributed by atoms with Gasteiger partial charge in [0, 0.05) is 26.5 Å². The average molecular weight is 559 g/mol. The van der Waals surface area contributed by atoms with Crippen LogP contribution in [-0.2, 0) is 15.4 Å². The number of halogens is 1. The Morgan fingerprint density at radius 3 is 2.30 bits per heavy atom. The minimum Gasteiger partial charge on any atom is -0.493 e. The van der Waals surface area contributed by atoms with Gasteiger partial charge in [-0.1, -0.05) is 31.5 Å². The van der Waals surface area contributed by atoms with Crippen molar-refractivity contribution in [1.29, 1.82) is 0 Å². The van der Waals surface area contributed by atoms with Crippen LogP contribution in [0.1, 0.15) is 34.6 Å². The van der Waals surface area contributed by atoms with Crippen LogP contribution in [0.2, 0.25) is 5.02 Å². The van der Waals surface area contributed by atoms with Gasteiger partial charge in [-0.2, -0.15) is 0 Å². The summed E-state index contributed by atoms with van der Waals surface area (Å²) in [7, 11) is -0.206. The lowest BCUT2D eigenvalue weighted by Gasteiger charge is -2.27. The van der Waals surface area contributed by atoms with Crippen molar-refractivity contribution in [2.75, 3.05) is 30.5 Å². The zero-order valence-corrected chi connectivity index (χ0v) is 23.4. The molecule has 10 heteroatoms. The first-order valence-electron chi connectivity index (χ1n) is 11.3. The maximum absolute atomic E-state index is 13.1. The lowest BCUT2D eigenvalue weighted by molar-refractivity contribution is 0.103. The summed E-state index contributed by atoms with van der Waals surface area (Å²) in [6.45, 7) is 4.14. The first-order valence-corrected chi connectivity index (χ1v) is 14.3. The third kappa shape index (κ3) is 6.01. The van der Waals surface area contributed by atoms with E-state index < -0.39 is 15.4 Å². The van der Waals surface area contributed by atoms with Crippen LogP contribution in [0.5, 0.6) is 11.5 Å². The standard InChI is InChI=1S/C27H27ClN2O5S2/c1-27(2,17-6-8-22(34-3)23(14-17)35-4)18-12-19(28)15-21(13-18)29-26(31)25-11-16-10-20(30-37(5,32)33)7-9-24(16)36-25/h6-15,30H,1-5H3,(H,29,31). The lowest BCUT2D eigenvalue weighted by Crippen LogP contribution is -2.20. The summed E-state index contributed by atoms with van der Waals surface area (Å²) in [6.07, 6.45) is 1.09. The Labute approximate surface area is 225 Å². The van der Waals surface area contributed by atoms with Crippen molar-refractivity contribution in [2.24, 2.45) is 0 Å². The molecule has 1 amide bonds. The molecule has 0 atom stereocenters. The van der Waals surface area contributed by atoms with Crippen molar-refractivity contribution in [3.63, 3.8) is 0 Å². The van der Waals surface area contributed by atoms with Gasteiger partial charge in [0.15, 0.2) is 11.5 Å². The van der Waals surface area contributed by atoms with Crippen molar-refractivity contribution in [3.05, 3.63) is 81.7 Å². The Morgan fingerprint density at radius 2 is 1.62 bits per heavy atom. The van der Waals surface area contributed by atoms with E-state index in [1.54, 1.807) is 44.6 Å². The predicted octanol–water partition coefficient (Wildman–Crippen LogP) is 6.52. The molecule has 1 heterocycles. The van der Waals surface area contributed by atoms with E-state index >= 15 is 0 Å². The molecule has 0 bridgehead atoms. The summed E-state index contributed by atoms with van der Waals surface area (Å²) >= 11 is 7.79. The number of ether oxygens (including phenoxy) is 2. The number of nitrogens with one attached hydrogen (secondary N) is 2. The molecule has 3 aromatic carbocycles. The topological polar surface area (TPSA) is 93.7 Å². The largest absolute Gasteiger partial charge is 0.493 e. The van der Waals surface area contributed by atoms with Gasteiger partial charge in [0.1, 0.15) is 0 Å². The lowest BCUT2D eigenvalue weighted by atomic mass is 9.78. The normalized spacial score (nSPS) is 11.8. The molecule has 4 rings (SSSR count). The van der Waals surface area contributed by atoms with Crippen LogP contribution in [-0.4, -0.2) is 34.8 Å². The van der Waals surface area contributed by atoms with Gasteiger partial charge < -0.3 is 14.8 Å². The number of carbonyl (C=O) groups is 1. The number of thiophene rings is 1. The second-order valence-electron chi connectivity index (χ2n) is 9.11. The molecule has 0 radical (unpaired) electrons. The fourth-order valence-electron chi connectivity index (χ4n) is 4.04. The molecular weight excluding hydrogens is 532 g/mol. The molecule has 0 saturated heterocycles. The number of rotatable bonds is 8. The van der Waals surface area contributed by atoms with Crippen molar-refractivity contribution in [2.45, 2.75) is 19.3 Å². The quantitative estimate of drug-likeness (QED) is 0.257. The molecule has 0 aliphatic heterocycles. The average Bonchev–Trinajstić information content (AvgIpc) is 3.25. The summed E-state index contributed by atoms with van der Waals surface area (Å²) in [5.41, 5.74) is 2.46. The second-order valence-corrected chi connectivity index (χ2v) is 12.4. The second kappa shape index (κ2) is 10.2. The number of carbonyl (C=O) groups excluding carboxylic acids is 1. The minimum atomic E-state index is -3.40. The summed E-state index contributed by atoms with van der Waals surface area (Å²) in [5, 5.41) is 4.21. The van der Waals surface area contributed by atoms with Crippen LogP contribution < -0.4 is 19.5 Å². The molecular formula is C27H27ClN2O5S2. The van der Waals surface area contributed by atoms with E-state index in [4.69, 9.17) is 21.1 Å². The molecule has 7 nitrogen and oxygen atoms in total. The highest BCUT2D eigenvalue weighted by Gasteiger charge is 2.26. The fourth-order valence-corrected chi connectivity index (χ4v) is 5.77. The molecule has 1 aromatic heterocycles. The Morgan fingerprint density at radius 1 is 0.892 bits per heavy atom. The van der Waals surface area contributed by atoms with Crippen LogP contribution in [0, 0.1) is 0 Å². The molecule has 0 spiro atoms. The van der Waals surface area contributed by atoms with Crippen LogP contribution in [0.4, 0.5) is 11.4 Å². The summed E-state index contributed by atoms with van der Waals surface area (Å²) < 4.78 is 37.2. The van der Waals surface area contributed by atoms with E-state index in [-0.39, 0.29) is 5.91 Å². The summed E-state index contributed by atoms with van der Waals surface area (Å²) in [6, 6.07) is 18.2. The van der Waals surface area contributed by atoms with E-state index in [1.165, 1.54) is 11.3 Å². The van der Waals surface area contributed by atoms with Crippen LogP contribution >= 0.6 is 22.9 Å². The molecule has 37 heavy (non-hydrogen) atoms. The van der Waals surface area contributed by atoms with E-state index in [0.717, 1.165) is 27.5 Å². The van der Waals surface area contributed by atoms with Gasteiger partial charge in [0.25, 0.3) is 5.91 Å². The highest BCUT2D eigenvalue weighted by molar-refractivity contribution is 7.92. The Balaban J connectivity index is 1.61. The van der Waals surface area contributed by atoms with Gasteiger partial charge in [-0.05, 0) is 71.1 Å². The molecule has 0 saturated carbocycles. The molecule has 0 aliphatic rings. The van der Waals surface area contributed by atoms with E-state index in [9.17, 15) is 13.2 Å². The zero-order chi connectivity index (χ0) is 27.0. The van der Waals surface area contributed by atoms with Gasteiger partial charge >= 0.3 is 0 Å². The van der Waals surface area contributed by atoms with E-state index in [0.29, 0.717) is 32.8 Å². The van der Waals surface area contributed by atoms with E-state index in [1.807, 2.05) is 30.3 Å². The number of amides is 1. The van der Waals surface area contributed by atoms with Crippen LogP contribution in [0.25, 0.3) is 10.1 Å². The number of methoxy groups -OCH3 is 2. The van der Waals surface area contributed by atoms with Gasteiger partial charge in [0.05, 0.1) is 25.4 Å². The predicted molar refractivity (Wildman–Crippen MR) is 151 cm³/mol. The number of sulfonamides is 1. The molecule has 0 unspecified atom stereocenters. The SMILES string of the molecule is COc1ccc(C(C)(C)c2cc(Cl)cc(NC(=O)c3cc4cc(NS(C)(=O)=O)ccc4s3)c2)cc1OC. The first-order chi connectivity index (χ1) is 17.4. The van der Waals surface area contributed by atoms with Crippen molar-refractivity contribution < 1.29 is 22.7 Å². The Bertz CT molecular complexity index is 1600. The maximum Gasteiger partial charge on any atom is 0.265 e. The maximum atomic E-state index is 13.1. The Kier molecular flexibility index (Phi) is 7.41. The van der Waals surface area contributed by atoms with Crippen molar-refractivity contribution in [1.82, 2.24) is 0 Å². The molecule has 4 aromatic rings. The Hall–Kier alpha value is -3.27. The van der Waals surface area contributed by atoms with Gasteiger partial charge in [0.2, 0.25) is 10.0 Å².